The van der Waals surface area contributed by atoms with Crippen LogP contribution in [0.3, 0.4) is 0 Å². The van der Waals surface area contributed by atoms with Crippen molar-refractivity contribution >= 4 is 0 Å². The van der Waals surface area contributed by atoms with E-state index in [2.05, 4.69) is 15.5 Å². The van der Waals surface area contributed by atoms with Gasteiger partial charge in [-0.15, -0.1) is 10.2 Å². The first-order chi connectivity index (χ1) is 8.65. The van der Waals surface area contributed by atoms with Gasteiger partial charge in [0, 0.05) is 5.56 Å². The Morgan fingerprint density at radius 3 is 2.78 bits per heavy atom. The first-order valence-corrected chi connectivity index (χ1v) is 5.53. The van der Waals surface area contributed by atoms with Crippen LogP contribution >= 0.6 is 0 Å². The molecule has 0 spiro atoms. The molecule has 6 heteroatoms. The van der Waals surface area contributed by atoms with Gasteiger partial charge in [-0.3, -0.25) is 0 Å². The molecule has 0 saturated heterocycles. The Bertz CT molecular complexity index is 539. The highest BCUT2D eigenvalue weighted by molar-refractivity contribution is 5.59. The lowest BCUT2D eigenvalue weighted by atomic mass is 10.2. The van der Waals surface area contributed by atoms with Crippen molar-refractivity contribution in [1.82, 2.24) is 15.5 Å². The first-order valence-electron chi connectivity index (χ1n) is 5.53. The van der Waals surface area contributed by atoms with Crippen LogP contribution in [0.4, 0.5) is 0 Å². The molecule has 18 heavy (non-hydrogen) atoms. The highest BCUT2D eigenvalue weighted by atomic mass is 16.5. The highest BCUT2D eigenvalue weighted by Crippen LogP contribution is 2.31. The Morgan fingerprint density at radius 1 is 1.39 bits per heavy atom. The number of phenolic OH excluding ortho intramolecular Hbond substituents is 1. The van der Waals surface area contributed by atoms with Gasteiger partial charge in [0.2, 0.25) is 11.8 Å². The smallest absolute Gasteiger partial charge is 0.247 e. The number of phenols is 1. The molecule has 1 aromatic carbocycles. The van der Waals surface area contributed by atoms with Gasteiger partial charge in [0.1, 0.15) is 0 Å². The molecule has 1 aromatic heterocycles. The summed E-state index contributed by atoms with van der Waals surface area (Å²) in [5, 5.41) is 20.6. The van der Waals surface area contributed by atoms with E-state index in [0.29, 0.717) is 23.1 Å². The third-order valence-electron chi connectivity index (χ3n) is 2.67. The zero-order chi connectivity index (χ0) is 13.1. The number of aromatic hydroxyl groups is 1. The molecule has 6 nitrogen and oxygen atoms in total. The third kappa shape index (κ3) is 2.28. The van der Waals surface area contributed by atoms with E-state index in [1.807, 2.05) is 14.0 Å². The normalized spacial score (nSPS) is 12.4. The molecule has 96 valence electrons. The van der Waals surface area contributed by atoms with Gasteiger partial charge in [-0.1, -0.05) is 0 Å². The SMILES string of the molecule is CNC(C)c1nnc(-c2ccc(OC)c(O)c2)o1. The quantitative estimate of drug-likeness (QED) is 0.859. The molecule has 0 fully saturated rings. The fourth-order valence-electron chi connectivity index (χ4n) is 1.47. The van der Waals surface area contributed by atoms with Crippen molar-refractivity contribution in [2.24, 2.45) is 0 Å². The number of benzene rings is 1. The maximum atomic E-state index is 9.69. The molecule has 0 amide bonds. The minimum atomic E-state index is -0.0157. The topological polar surface area (TPSA) is 80.4 Å². The molecule has 1 heterocycles. The highest BCUT2D eigenvalue weighted by Gasteiger charge is 2.14. The van der Waals surface area contributed by atoms with Crippen LogP contribution in [0.5, 0.6) is 11.5 Å². The van der Waals surface area contributed by atoms with Crippen molar-refractivity contribution in [1.29, 1.82) is 0 Å². The van der Waals surface area contributed by atoms with Crippen molar-refractivity contribution in [2.45, 2.75) is 13.0 Å². The van der Waals surface area contributed by atoms with Crippen molar-refractivity contribution < 1.29 is 14.3 Å². The molecule has 2 aromatic rings. The predicted octanol–water partition coefficient (Wildman–Crippen LogP) is 1.73. The van der Waals surface area contributed by atoms with Crippen LogP contribution in [0, 0.1) is 0 Å². The van der Waals surface area contributed by atoms with Crippen molar-refractivity contribution in [2.75, 3.05) is 14.2 Å². The number of methoxy groups -OCH3 is 1. The molecule has 0 aliphatic heterocycles. The summed E-state index contributed by atoms with van der Waals surface area (Å²) in [6.07, 6.45) is 0. The van der Waals surface area contributed by atoms with Crippen LogP contribution in [-0.4, -0.2) is 29.5 Å². The summed E-state index contributed by atoms with van der Waals surface area (Å²) in [5.74, 6) is 1.31. The van der Waals surface area contributed by atoms with E-state index in [4.69, 9.17) is 9.15 Å². The maximum Gasteiger partial charge on any atom is 0.247 e. The molecule has 0 aliphatic carbocycles. The average Bonchev–Trinajstić information content (AvgIpc) is 2.87. The van der Waals surface area contributed by atoms with Crippen molar-refractivity contribution in [3.63, 3.8) is 0 Å². The molecule has 0 aliphatic rings. The van der Waals surface area contributed by atoms with Crippen LogP contribution in [0.1, 0.15) is 18.9 Å². The third-order valence-corrected chi connectivity index (χ3v) is 2.67. The number of hydrogen-bond donors (Lipinski definition) is 2. The average molecular weight is 249 g/mol. The van der Waals surface area contributed by atoms with Gasteiger partial charge in [-0.25, -0.2) is 0 Å². The van der Waals surface area contributed by atoms with E-state index in [-0.39, 0.29) is 11.8 Å². The fraction of sp³-hybridized carbons (Fsp3) is 0.333. The number of rotatable bonds is 4. The standard InChI is InChI=1S/C12H15N3O3/c1-7(13-2)11-14-15-12(18-11)8-4-5-10(17-3)9(16)6-8/h4-7,13,16H,1-3H3. The lowest BCUT2D eigenvalue weighted by Gasteiger charge is -2.04. The second kappa shape index (κ2) is 5.05. The van der Waals surface area contributed by atoms with Gasteiger partial charge in [0.25, 0.3) is 0 Å². The van der Waals surface area contributed by atoms with Gasteiger partial charge in [-0.05, 0) is 32.2 Å². The van der Waals surface area contributed by atoms with Gasteiger partial charge in [0.05, 0.1) is 13.2 Å². The zero-order valence-electron chi connectivity index (χ0n) is 10.5. The van der Waals surface area contributed by atoms with E-state index < -0.39 is 0 Å². The molecule has 0 bridgehead atoms. The summed E-state index contributed by atoms with van der Waals surface area (Å²) in [5.41, 5.74) is 0.648. The second-order valence-corrected chi connectivity index (χ2v) is 3.84. The molecule has 2 N–H and O–H groups in total. The van der Waals surface area contributed by atoms with E-state index in [0.717, 1.165) is 0 Å². The monoisotopic (exact) mass is 249 g/mol. The molecular weight excluding hydrogens is 234 g/mol. The Labute approximate surface area is 105 Å². The first kappa shape index (κ1) is 12.4. The lowest BCUT2D eigenvalue weighted by molar-refractivity contribution is 0.373. The van der Waals surface area contributed by atoms with Crippen LogP contribution in [0.25, 0.3) is 11.5 Å². The van der Waals surface area contributed by atoms with Gasteiger partial charge in [0.15, 0.2) is 11.5 Å². The Balaban J connectivity index is 2.31. The summed E-state index contributed by atoms with van der Waals surface area (Å²) in [6, 6.07) is 4.91. The Hall–Kier alpha value is -2.08. The lowest BCUT2D eigenvalue weighted by Crippen LogP contribution is -2.12. The van der Waals surface area contributed by atoms with Crippen LogP contribution in [0.2, 0.25) is 0 Å². The summed E-state index contributed by atoms with van der Waals surface area (Å²) in [6.45, 7) is 1.92. The summed E-state index contributed by atoms with van der Waals surface area (Å²) in [7, 11) is 3.31. The molecule has 1 atom stereocenters. The van der Waals surface area contributed by atoms with E-state index in [9.17, 15) is 5.11 Å². The molecule has 2 rings (SSSR count). The van der Waals surface area contributed by atoms with E-state index in [1.165, 1.54) is 13.2 Å². The molecular formula is C12H15N3O3. The number of hydrogen-bond acceptors (Lipinski definition) is 6. The Morgan fingerprint density at radius 2 is 2.17 bits per heavy atom. The number of nitrogens with zero attached hydrogens (tertiary/aromatic N) is 2. The van der Waals surface area contributed by atoms with E-state index in [1.54, 1.807) is 12.1 Å². The zero-order valence-corrected chi connectivity index (χ0v) is 10.5. The summed E-state index contributed by atoms with van der Waals surface area (Å²) < 4.78 is 10.5. The minimum absolute atomic E-state index is 0.0157. The second-order valence-electron chi connectivity index (χ2n) is 3.84. The maximum absolute atomic E-state index is 9.69. The van der Waals surface area contributed by atoms with Crippen LogP contribution in [0.15, 0.2) is 22.6 Å². The molecule has 0 radical (unpaired) electrons. The summed E-state index contributed by atoms with van der Waals surface area (Å²) in [4.78, 5) is 0. The van der Waals surface area contributed by atoms with Gasteiger partial charge < -0.3 is 19.6 Å². The van der Waals surface area contributed by atoms with Crippen molar-refractivity contribution in [3.05, 3.63) is 24.1 Å². The fourth-order valence-corrected chi connectivity index (χ4v) is 1.47. The molecule has 1 unspecified atom stereocenters. The number of aromatic nitrogens is 2. The molecule has 0 saturated carbocycles. The van der Waals surface area contributed by atoms with Gasteiger partial charge in [-0.2, -0.15) is 0 Å². The van der Waals surface area contributed by atoms with Crippen LogP contribution in [-0.2, 0) is 0 Å². The largest absolute Gasteiger partial charge is 0.504 e. The number of ether oxygens (including phenoxy) is 1. The van der Waals surface area contributed by atoms with Crippen LogP contribution < -0.4 is 10.1 Å². The van der Waals surface area contributed by atoms with Crippen molar-refractivity contribution in [3.8, 4) is 23.0 Å². The number of nitrogens with one attached hydrogen (secondary N) is 1. The summed E-state index contributed by atoms with van der Waals surface area (Å²) >= 11 is 0. The van der Waals surface area contributed by atoms with Gasteiger partial charge >= 0.3 is 0 Å². The predicted molar refractivity (Wildman–Crippen MR) is 65.4 cm³/mol. The Kier molecular flexibility index (Phi) is 3.47. The van der Waals surface area contributed by atoms with E-state index >= 15 is 0 Å². The minimum Gasteiger partial charge on any atom is -0.504 e.